The number of aliphatic hydroxyl groups excluding tert-OH is 1. The normalized spacial score (nSPS) is 21.7. The van der Waals surface area contributed by atoms with Crippen LogP contribution >= 0.6 is 0 Å². The van der Waals surface area contributed by atoms with Crippen LogP contribution in [-0.4, -0.2) is 64.8 Å². The van der Waals surface area contributed by atoms with Gasteiger partial charge in [-0.25, -0.2) is 4.79 Å². The third-order valence-electron chi connectivity index (χ3n) is 5.68. The number of carbonyl (C=O) groups is 3. The summed E-state index contributed by atoms with van der Waals surface area (Å²) in [7, 11) is 0. The van der Waals surface area contributed by atoms with Crippen molar-refractivity contribution in [3.63, 3.8) is 0 Å². The number of nitrogens with zero attached hydrogens (tertiary/aromatic N) is 1. The molecule has 8 nitrogen and oxygen atoms in total. The van der Waals surface area contributed by atoms with Crippen molar-refractivity contribution in [1.82, 2.24) is 15.5 Å². The topological polar surface area (TPSA) is 119 Å². The van der Waals surface area contributed by atoms with E-state index in [1.807, 2.05) is 0 Å². The molecule has 4 N–H and O–H groups in total. The molecule has 1 aliphatic heterocycles. The standard InChI is InChI=1S/C19H33N3O5/c23-13-15(21-18(25)16-10-6-12-22(16)19(26)27)17(24)20-11-5-4-9-14-7-2-1-3-8-14/h14-16,23H,1-13H2,(H,20,24)(H,21,25)(H,26,27). The van der Waals surface area contributed by atoms with E-state index in [1.165, 1.54) is 38.5 Å². The van der Waals surface area contributed by atoms with Crippen LogP contribution in [0.5, 0.6) is 0 Å². The van der Waals surface area contributed by atoms with Gasteiger partial charge in [0.2, 0.25) is 11.8 Å². The van der Waals surface area contributed by atoms with E-state index in [-0.39, 0.29) is 0 Å². The Morgan fingerprint density at radius 2 is 1.78 bits per heavy atom. The summed E-state index contributed by atoms with van der Waals surface area (Å²) >= 11 is 0. The fourth-order valence-corrected chi connectivity index (χ4v) is 4.10. The third-order valence-corrected chi connectivity index (χ3v) is 5.68. The Kier molecular flexibility index (Phi) is 8.84. The Labute approximate surface area is 160 Å². The molecule has 2 fully saturated rings. The van der Waals surface area contributed by atoms with Crippen molar-refractivity contribution in [2.45, 2.75) is 76.3 Å². The molecule has 154 valence electrons. The second-order valence-corrected chi connectivity index (χ2v) is 7.67. The average molecular weight is 383 g/mol. The Bertz CT molecular complexity index is 508. The second kappa shape index (κ2) is 11.1. The van der Waals surface area contributed by atoms with E-state index in [4.69, 9.17) is 5.11 Å². The molecular weight excluding hydrogens is 350 g/mol. The van der Waals surface area contributed by atoms with Crippen LogP contribution in [0.15, 0.2) is 0 Å². The number of hydrogen-bond acceptors (Lipinski definition) is 4. The third kappa shape index (κ3) is 6.68. The maximum absolute atomic E-state index is 12.3. The van der Waals surface area contributed by atoms with Crippen molar-refractivity contribution < 1.29 is 24.6 Å². The Hall–Kier alpha value is -1.83. The number of unbranched alkanes of at least 4 members (excludes halogenated alkanes) is 1. The molecule has 2 atom stereocenters. The van der Waals surface area contributed by atoms with E-state index in [0.29, 0.717) is 25.9 Å². The highest BCUT2D eigenvalue weighted by Crippen LogP contribution is 2.27. The molecule has 0 aromatic carbocycles. The zero-order valence-electron chi connectivity index (χ0n) is 16.0. The van der Waals surface area contributed by atoms with Crippen molar-refractivity contribution in [3.05, 3.63) is 0 Å². The monoisotopic (exact) mass is 383 g/mol. The van der Waals surface area contributed by atoms with E-state index < -0.39 is 36.6 Å². The molecule has 1 saturated carbocycles. The summed E-state index contributed by atoms with van der Waals surface area (Å²) < 4.78 is 0. The SMILES string of the molecule is O=C(NCCCCC1CCCCC1)C(CO)NC(=O)C1CCCN1C(=O)O. The highest BCUT2D eigenvalue weighted by atomic mass is 16.4. The van der Waals surface area contributed by atoms with Crippen LogP contribution in [0.4, 0.5) is 4.79 Å². The lowest BCUT2D eigenvalue weighted by Crippen LogP contribution is -2.54. The number of nitrogens with one attached hydrogen (secondary N) is 2. The van der Waals surface area contributed by atoms with Crippen LogP contribution in [0.1, 0.15) is 64.2 Å². The van der Waals surface area contributed by atoms with Gasteiger partial charge < -0.3 is 20.8 Å². The number of carbonyl (C=O) groups excluding carboxylic acids is 2. The molecule has 3 amide bonds. The van der Waals surface area contributed by atoms with Gasteiger partial charge in [-0.1, -0.05) is 44.9 Å². The van der Waals surface area contributed by atoms with Gasteiger partial charge in [0.1, 0.15) is 12.1 Å². The summed E-state index contributed by atoms with van der Waals surface area (Å²) in [5, 5.41) is 23.8. The van der Waals surface area contributed by atoms with Crippen molar-refractivity contribution in [1.29, 1.82) is 0 Å². The highest BCUT2D eigenvalue weighted by Gasteiger charge is 2.35. The van der Waals surface area contributed by atoms with E-state index in [0.717, 1.165) is 23.7 Å². The van der Waals surface area contributed by atoms with Crippen LogP contribution < -0.4 is 10.6 Å². The maximum atomic E-state index is 12.3. The minimum Gasteiger partial charge on any atom is -0.465 e. The molecule has 27 heavy (non-hydrogen) atoms. The number of hydrogen-bond donors (Lipinski definition) is 4. The fraction of sp³-hybridized carbons (Fsp3) is 0.842. The van der Waals surface area contributed by atoms with Crippen molar-refractivity contribution in [3.8, 4) is 0 Å². The van der Waals surface area contributed by atoms with Gasteiger partial charge in [0.25, 0.3) is 0 Å². The fourth-order valence-electron chi connectivity index (χ4n) is 4.10. The van der Waals surface area contributed by atoms with Crippen molar-refractivity contribution in [2.24, 2.45) is 5.92 Å². The predicted molar refractivity (Wildman–Crippen MR) is 100 cm³/mol. The van der Waals surface area contributed by atoms with Gasteiger partial charge >= 0.3 is 6.09 Å². The first kappa shape index (κ1) is 21.5. The van der Waals surface area contributed by atoms with Crippen LogP contribution in [-0.2, 0) is 9.59 Å². The molecule has 2 unspecified atom stereocenters. The Balaban J connectivity index is 1.67. The first-order chi connectivity index (χ1) is 13.0. The van der Waals surface area contributed by atoms with Gasteiger partial charge in [-0.15, -0.1) is 0 Å². The van der Waals surface area contributed by atoms with Gasteiger partial charge in [0.15, 0.2) is 0 Å². The number of amides is 3. The van der Waals surface area contributed by atoms with E-state index in [9.17, 15) is 19.5 Å². The zero-order valence-corrected chi connectivity index (χ0v) is 16.0. The molecule has 0 bridgehead atoms. The summed E-state index contributed by atoms with van der Waals surface area (Å²) in [6, 6.07) is -1.84. The predicted octanol–water partition coefficient (Wildman–Crippen LogP) is 1.47. The lowest BCUT2D eigenvalue weighted by molar-refractivity contribution is -0.132. The average Bonchev–Trinajstić information content (AvgIpc) is 3.16. The van der Waals surface area contributed by atoms with Crippen LogP contribution in [0.2, 0.25) is 0 Å². The Morgan fingerprint density at radius 3 is 2.44 bits per heavy atom. The zero-order chi connectivity index (χ0) is 19.6. The lowest BCUT2D eigenvalue weighted by Gasteiger charge is -2.23. The van der Waals surface area contributed by atoms with Gasteiger partial charge in [0, 0.05) is 13.1 Å². The maximum Gasteiger partial charge on any atom is 0.407 e. The van der Waals surface area contributed by atoms with Crippen LogP contribution in [0.25, 0.3) is 0 Å². The molecule has 1 heterocycles. The largest absolute Gasteiger partial charge is 0.465 e. The summed E-state index contributed by atoms with van der Waals surface area (Å²) in [4.78, 5) is 36.7. The van der Waals surface area contributed by atoms with Crippen LogP contribution in [0, 0.1) is 5.92 Å². The molecule has 0 spiro atoms. The van der Waals surface area contributed by atoms with Gasteiger partial charge in [-0.05, 0) is 25.2 Å². The molecule has 1 aliphatic carbocycles. The molecule has 2 rings (SSSR count). The molecule has 0 radical (unpaired) electrons. The lowest BCUT2D eigenvalue weighted by atomic mass is 9.86. The number of rotatable bonds is 9. The quantitative estimate of drug-likeness (QED) is 0.450. The number of aliphatic hydroxyl groups is 1. The van der Waals surface area contributed by atoms with E-state index >= 15 is 0 Å². The summed E-state index contributed by atoms with van der Waals surface area (Å²) in [5.74, 6) is -0.132. The second-order valence-electron chi connectivity index (χ2n) is 7.67. The smallest absolute Gasteiger partial charge is 0.407 e. The minimum absolute atomic E-state index is 0.310. The van der Waals surface area contributed by atoms with E-state index in [1.54, 1.807) is 0 Å². The van der Waals surface area contributed by atoms with Gasteiger partial charge in [-0.3, -0.25) is 14.5 Å². The van der Waals surface area contributed by atoms with E-state index in [2.05, 4.69) is 10.6 Å². The number of carboxylic acid groups (broad SMARTS) is 1. The molecule has 0 aromatic heterocycles. The van der Waals surface area contributed by atoms with Gasteiger partial charge in [-0.2, -0.15) is 0 Å². The summed E-state index contributed by atoms with van der Waals surface area (Å²) in [6.07, 6.45) is 9.70. The van der Waals surface area contributed by atoms with Crippen molar-refractivity contribution >= 4 is 17.9 Å². The molecule has 0 aromatic rings. The molecule has 2 aliphatic rings. The molecular formula is C19H33N3O5. The first-order valence-electron chi connectivity index (χ1n) is 10.2. The first-order valence-corrected chi connectivity index (χ1v) is 10.2. The Morgan fingerprint density at radius 1 is 1.04 bits per heavy atom. The minimum atomic E-state index is -1.14. The molecule has 1 saturated heterocycles. The summed E-state index contributed by atoms with van der Waals surface area (Å²) in [6.45, 7) is 0.312. The van der Waals surface area contributed by atoms with Gasteiger partial charge in [0.05, 0.1) is 6.61 Å². The number of likely N-dealkylation sites (tertiary alicyclic amines) is 1. The highest BCUT2D eigenvalue weighted by molar-refractivity contribution is 5.91. The molecule has 8 heteroatoms. The van der Waals surface area contributed by atoms with Crippen molar-refractivity contribution in [2.75, 3.05) is 19.7 Å². The van der Waals surface area contributed by atoms with Crippen LogP contribution in [0.3, 0.4) is 0 Å². The summed E-state index contributed by atoms with van der Waals surface area (Å²) in [5.41, 5.74) is 0.